The van der Waals surface area contributed by atoms with Crippen LogP contribution in [0.3, 0.4) is 0 Å². The van der Waals surface area contributed by atoms with Crippen LogP contribution in [0.25, 0.3) is 16.6 Å². The van der Waals surface area contributed by atoms with Gasteiger partial charge in [-0.15, -0.1) is 0 Å². The molecule has 2 heterocycles. The van der Waals surface area contributed by atoms with E-state index in [4.69, 9.17) is 9.47 Å². The summed E-state index contributed by atoms with van der Waals surface area (Å²) < 4.78 is 39.8. The lowest BCUT2D eigenvalue weighted by molar-refractivity contribution is 0.0977. The van der Waals surface area contributed by atoms with Crippen molar-refractivity contribution in [2.75, 3.05) is 14.2 Å². The maximum atomic E-state index is 12.9. The van der Waals surface area contributed by atoms with Gasteiger partial charge in [-0.25, -0.2) is 22.8 Å². The molecule has 0 spiro atoms. The number of carbonyl (C=O) groups excluding carboxylic acids is 1. The van der Waals surface area contributed by atoms with Gasteiger partial charge in [-0.2, -0.15) is 5.10 Å². The number of amides is 1. The molecule has 0 bridgehead atoms. The van der Waals surface area contributed by atoms with E-state index in [2.05, 4.69) is 10.1 Å². The third-order valence-electron chi connectivity index (χ3n) is 4.57. The molecule has 1 N–H and O–H groups in total. The first-order valence-electron chi connectivity index (χ1n) is 9.12. The van der Waals surface area contributed by atoms with Crippen LogP contribution in [0, 0.1) is 0 Å². The van der Waals surface area contributed by atoms with Crippen molar-refractivity contribution < 1.29 is 22.7 Å². The number of nitrogens with zero attached hydrogens (tertiary/aromatic N) is 3. The summed E-state index contributed by atoms with van der Waals surface area (Å²) in [6.45, 7) is 0. The van der Waals surface area contributed by atoms with Gasteiger partial charge in [0.15, 0.2) is 4.90 Å². The Balaban J connectivity index is 1.69. The second-order valence-electron chi connectivity index (χ2n) is 6.42. The lowest BCUT2D eigenvalue weighted by atomic mass is 10.1. The summed E-state index contributed by atoms with van der Waals surface area (Å²) in [6, 6.07) is 14.9. The largest absolute Gasteiger partial charge is 0.495 e. The summed E-state index contributed by atoms with van der Waals surface area (Å²) in [7, 11) is -1.63. The lowest BCUT2D eigenvalue weighted by Gasteiger charge is -2.14. The van der Waals surface area contributed by atoms with Gasteiger partial charge in [0.25, 0.3) is 15.9 Å². The Morgan fingerprint density at radius 2 is 1.68 bits per heavy atom. The van der Waals surface area contributed by atoms with Gasteiger partial charge in [-0.1, -0.05) is 12.1 Å². The molecule has 0 unspecified atom stereocenters. The summed E-state index contributed by atoms with van der Waals surface area (Å²) in [5.74, 6) is -0.774. The molecular weight excluding hydrogens is 420 g/mol. The van der Waals surface area contributed by atoms with Gasteiger partial charge < -0.3 is 9.47 Å². The molecule has 10 heteroatoms. The molecule has 0 aliphatic heterocycles. The highest BCUT2D eigenvalue weighted by Crippen LogP contribution is 2.32. The normalized spacial score (nSPS) is 11.3. The molecule has 0 fully saturated rings. The summed E-state index contributed by atoms with van der Waals surface area (Å²) in [5, 5.41) is 4.98. The van der Waals surface area contributed by atoms with Crippen LogP contribution in [0.15, 0.2) is 71.9 Å². The summed E-state index contributed by atoms with van der Waals surface area (Å²) in [5.41, 5.74) is 1.25. The molecule has 0 aliphatic carbocycles. The van der Waals surface area contributed by atoms with Crippen LogP contribution < -0.4 is 14.2 Å². The first-order chi connectivity index (χ1) is 14.9. The van der Waals surface area contributed by atoms with Gasteiger partial charge in [0.05, 0.1) is 25.4 Å². The molecule has 31 heavy (non-hydrogen) atoms. The van der Waals surface area contributed by atoms with Crippen molar-refractivity contribution >= 4 is 26.8 Å². The minimum absolute atomic E-state index is 0.0509. The van der Waals surface area contributed by atoms with E-state index in [0.29, 0.717) is 5.52 Å². The molecule has 0 atom stereocenters. The van der Waals surface area contributed by atoms with E-state index >= 15 is 0 Å². The predicted molar refractivity (Wildman–Crippen MR) is 113 cm³/mol. The Labute approximate surface area is 178 Å². The Bertz CT molecular complexity index is 1350. The van der Waals surface area contributed by atoms with Crippen molar-refractivity contribution in [3.8, 4) is 17.2 Å². The zero-order chi connectivity index (χ0) is 22.0. The highest BCUT2D eigenvalue weighted by atomic mass is 32.2. The number of hydrogen-bond acceptors (Lipinski definition) is 7. The van der Waals surface area contributed by atoms with E-state index in [1.54, 1.807) is 47.4 Å². The van der Waals surface area contributed by atoms with Gasteiger partial charge in [0.2, 0.25) is 0 Å². The lowest BCUT2D eigenvalue weighted by Crippen LogP contribution is -2.31. The van der Waals surface area contributed by atoms with Crippen molar-refractivity contribution in [3.63, 3.8) is 0 Å². The fourth-order valence-corrected chi connectivity index (χ4v) is 4.47. The Kier molecular flexibility index (Phi) is 5.30. The molecule has 0 aliphatic rings. The van der Waals surface area contributed by atoms with Crippen LogP contribution in [-0.4, -0.2) is 43.3 Å². The second-order valence-corrected chi connectivity index (χ2v) is 8.04. The third kappa shape index (κ3) is 3.80. The van der Waals surface area contributed by atoms with Crippen molar-refractivity contribution in [1.82, 2.24) is 19.5 Å². The number of carbonyl (C=O) groups is 1. The quantitative estimate of drug-likeness (QED) is 0.492. The van der Waals surface area contributed by atoms with E-state index in [1.807, 2.05) is 10.8 Å². The van der Waals surface area contributed by atoms with Crippen LogP contribution in [-0.2, 0) is 10.0 Å². The number of hydrogen-bond donors (Lipinski definition) is 1. The number of sulfonamides is 1. The Morgan fingerprint density at radius 3 is 2.32 bits per heavy atom. The molecule has 2 aromatic carbocycles. The van der Waals surface area contributed by atoms with Crippen LogP contribution in [0.2, 0.25) is 0 Å². The number of aromatic nitrogens is 3. The van der Waals surface area contributed by atoms with Gasteiger partial charge in [-0.05, 0) is 42.5 Å². The van der Waals surface area contributed by atoms with Crippen LogP contribution in [0.1, 0.15) is 10.5 Å². The SMILES string of the molecule is COc1cccc(OC)c1S(=O)(=O)NC(=O)c1ccc2c(-n3cccn3)cccc2n1. The van der Waals surface area contributed by atoms with Crippen LogP contribution in [0.5, 0.6) is 11.5 Å². The molecule has 0 saturated heterocycles. The number of methoxy groups -OCH3 is 2. The molecule has 4 aromatic rings. The third-order valence-corrected chi connectivity index (χ3v) is 5.97. The van der Waals surface area contributed by atoms with E-state index in [1.165, 1.54) is 32.4 Å². The zero-order valence-electron chi connectivity index (χ0n) is 16.6. The van der Waals surface area contributed by atoms with Crippen molar-refractivity contribution in [2.24, 2.45) is 0 Å². The summed E-state index contributed by atoms with van der Waals surface area (Å²) in [6.07, 6.45) is 3.45. The average Bonchev–Trinajstić information content (AvgIpc) is 3.32. The van der Waals surface area contributed by atoms with E-state index in [9.17, 15) is 13.2 Å². The maximum absolute atomic E-state index is 12.9. The van der Waals surface area contributed by atoms with Crippen molar-refractivity contribution in [2.45, 2.75) is 4.90 Å². The highest BCUT2D eigenvalue weighted by molar-refractivity contribution is 7.90. The van der Waals surface area contributed by atoms with E-state index in [-0.39, 0.29) is 22.1 Å². The number of nitrogens with one attached hydrogen (secondary N) is 1. The fraction of sp³-hybridized carbons (Fsp3) is 0.0952. The first kappa shape index (κ1) is 20.4. The summed E-state index contributed by atoms with van der Waals surface area (Å²) in [4.78, 5) is 16.8. The topological polar surface area (TPSA) is 112 Å². The molecule has 0 saturated carbocycles. The number of rotatable bonds is 6. The minimum atomic E-state index is -4.29. The standard InChI is InChI=1S/C21H18N4O5S/c1-29-18-8-4-9-19(30-2)20(18)31(27,28)24-21(26)16-11-10-14-15(23-16)6-3-7-17(14)25-13-5-12-22-25/h3-13H,1-2H3,(H,24,26). The molecule has 0 radical (unpaired) electrons. The number of benzene rings is 2. The van der Waals surface area contributed by atoms with Gasteiger partial charge in [-0.3, -0.25) is 4.79 Å². The van der Waals surface area contributed by atoms with Crippen LogP contribution >= 0.6 is 0 Å². The minimum Gasteiger partial charge on any atom is -0.495 e. The number of pyridine rings is 1. The van der Waals surface area contributed by atoms with Crippen LogP contribution in [0.4, 0.5) is 0 Å². The smallest absolute Gasteiger partial charge is 0.283 e. The van der Waals surface area contributed by atoms with Gasteiger partial charge >= 0.3 is 0 Å². The molecule has 2 aromatic heterocycles. The maximum Gasteiger partial charge on any atom is 0.283 e. The van der Waals surface area contributed by atoms with Crippen molar-refractivity contribution in [3.05, 3.63) is 72.7 Å². The monoisotopic (exact) mass is 438 g/mol. The molecule has 9 nitrogen and oxygen atoms in total. The number of ether oxygens (including phenoxy) is 2. The highest BCUT2D eigenvalue weighted by Gasteiger charge is 2.27. The zero-order valence-corrected chi connectivity index (χ0v) is 17.5. The predicted octanol–water partition coefficient (Wildman–Crippen LogP) is 2.56. The summed E-state index contributed by atoms with van der Waals surface area (Å²) >= 11 is 0. The molecule has 4 rings (SSSR count). The molecular formula is C21H18N4O5S. The Morgan fingerprint density at radius 1 is 0.968 bits per heavy atom. The average molecular weight is 438 g/mol. The number of fused-ring (bicyclic) bond motifs is 1. The van der Waals surface area contributed by atoms with Gasteiger partial charge in [0, 0.05) is 17.8 Å². The molecule has 1 amide bonds. The van der Waals surface area contributed by atoms with Gasteiger partial charge in [0.1, 0.15) is 17.2 Å². The fourth-order valence-electron chi connectivity index (χ4n) is 3.18. The van der Waals surface area contributed by atoms with E-state index < -0.39 is 15.9 Å². The molecule has 158 valence electrons. The first-order valence-corrected chi connectivity index (χ1v) is 10.6. The van der Waals surface area contributed by atoms with Crippen molar-refractivity contribution in [1.29, 1.82) is 0 Å². The van der Waals surface area contributed by atoms with E-state index in [0.717, 1.165) is 11.1 Å². The second kappa shape index (κ2) is 8.07. The Hall–Kier alpha value is -3.92.